The minimum absolute atomic E-state index is 0.0382. The Morgan fingerprint density at radius 2 is 1.40 bits per heavy atom. The summed E-state index contributed by atoms with van der Waals surface area (Å²) in [6.45, 7) is 2.27. The maximum atomic E-state index is 14.2. The molecule has 140 valence electrons. The second-order valence-corrected chi connectivity index (χ2v) is 9.23. The highest BCUT2D eigenvalue weighted by atomic mass is 127. The first-order chi connectivity index (χ1) is 12.0. The Morgan fingerprint density at radius 1 is 0.840 bits per heavy atom. The van der Waals surface area contributed by atoms with Crippen LogP contribution in [0.1, 0.15) is 82.6 Å². The number of benzene rings is 1. The van der Waals surface area contributed by atoms with Crippen molar-refractivity contribution >= 4 is 22.6 Å². The summed E-state index contributed by atoms with van der Waals surface area (Å²) in [6, 6.07) is 1.51. The summed E-state index contributed by atoms with van der Waals surface area (Å²) in [4.78, 5) is 0. The molecule has 3 rings (SSSR count). The molecule has 2 saturated carbocycles. The van der Waals surface area contributed by atoms with Crippen LogP contribution in [0.15, 0.2) is 6.07 Å². The molecule has 2 aliphatic carbocycles. The summed E-state index contributed by atoms with van der Waals surface area (Å²) < 4.78 is 41.6. The van der Waals surface area contributed by atoms with Crippen molar-refractivity contribution in [3.8, 4) is 0 Å². The minimum Gasteiger partial charge on any atom is -0.203 e. The molecule has 0 atom stereocenters. The van der Waals surface area contributed by atoms with Gasteiger partial charge < -0.3 is 0 Å². The molecule has 0 aliphatic heterocycles. The van der Waals surface area contributed by atoms with E-state index in [4.69, 9.17) is 0 Å². The van der Waals surface area contributed by atoms with E-state index in [1.807, 2.05) is 0 Å². The molecule has 0 N–H and O–H groups in total. The van der Waals surface area contributed by atoms with Gasteiger partial charge >= 0.3 is 0 Å². The number of hydrogen-bond donors (Lipinski definition) is 0. The first-order valence-corrected chi connectivity index (χ1v) is 10.9. The lowest BCUT2D eigenvalue weighted by Crippen LogP contribution is -2.25. The van der Waals surface area contributed by atoms with Gasteiger partial charge in [0, 0.05) is 0 Å². The Hall–Kier alpha value is -0.260. The molecule has 0 spiro atoms. The monoisotopic (exact) mass is 464 g/mol. The van der Waals surface area contributed by atoms with Crippen LogP contribution >= 0.6 is 22.6 Å². The van der Waals surface area contributed by atoms with Gasteiger partial charge in [-0.3, -0.25) is 0 Å². The van der Waals surface area contributed by atoms with E-state index in [1.165, 1.54) is 44.6 Å². The molecule has 2 aliphatic rings. The molecule has 0 saturated heterocycles. The van der Waals surface area contributed by atoms with Crippen LogP contribution in [-0.4, -0.2) is 0 Å². The SMILES string of the molecule is CCCC1CCC(C2CCC(c3cc(I)c(F)c(F)c3F)CC2)CC1. The van der Waals surface area contributed by atoms with Gasteiger partial charge in [-0.15, -0.1) is 0 Å². The fourth-order valence-corrected chi connectivity index (χ4v) is 5.72. The maximum Gasteiger partial charge on any atom is 0.195 e. The predicted octanol–water partition coefficient (Wildman–Crippen LogP) is 7.59. The largest absolute Gasteiger partial charge is 0.203 e. The lowest BCUT2D eigenvalue weighted by Gasteiger charge is -2.38. The molecule has 0 aromatic heterocycles. The summed E-state index contributed by atoms with van der Waals surface area (Å²) in [5, 5.41) is 0. The molecule has 2 fully saturated rings. The molecular formula is C21H28F3I. The lowest BCUT2D eigenvalue weighted by molar-refractivity contribution is 0.155. The van der Waals surface area contributed by atoms with Gasteiger partial charge in [0.1, 0.15) is 0 Å². The topological polar surface area (TPSA) is 0 Å². The molecule has 4 heteroatoms. The van der Waals surface area contributed by atoms with Crippen LogP contribution < -0.4 is 0 Å². The van der Waals surface area contributed by atoms with Crippen molar-refractivity contribution in [3.05, 3.63) is 32.7 Å². The van der Waals surface area contributed by atoms with E-state index in [9.17, 15) is 13.2 Å². The summed E-state index contributed by atoms with van der Waals surface area (Å²) in [5.74, 6) is -0.804. The van der Waals surface area contributed by atoms with E-state index in [0.29, 0.717) is 5.56 Å². The molecule has 1 aromatic carbocycles. The van der Waals surface area contributed by atoms with Gasteiger partial charge in [0.2, 0.25) is 0 Å². The first-order valence-electron chi connectivity index (χ1n) is 9.84. The van der Waals surface area contributed by atoms with Crippen molar-refractivity contribution in [3.63, 3.8) is 0 Å². The average Bonchev–Trinajstić information content (AvgIpc) is 2.64. The highest BCUT2D eigenvalue weighted by Gasteiger charge is 2.32. The number of hydrogen-bond acceptors (Lipinski definition) is 0. The average molecular weight is 464 g/mol. The van der Waals surface area contributed by atoms with E-state index >= 15 is 0 Å². The van der Waals surface area contributed by atoms with Gasteiger partial charge in [0.15, 0.2) is 17.5 Å². The maximum absolute atomic E-state index is 14.2. The Labute approximate surface area is 163 Å². The van der Waals surface area contributed by atoms with Gasteiger partial charge in [-0.1, -0.05) is 32.6 Å². The zero-order valence-electron chi connectivity index (χ0n) is 15.0. The van der Waals surface area contributed by atoms with Crippen molar-refractivity contribution in [2.75, 3.05) is 0 Å². The lowest BCUT2D eigenvalue weighted by atomic mass is 9.68. The molecule has 0 heterocycles. The van der Waals surface area contributed by atoms with Crippen molar-refractivity contribution in [2.45, 2.75) is 77.0 Å². The van der Waals surface area contributed by atoms with Gasteiger partial charge in [0.05, 0.1) is 3.57 Å². The van der Waals surface area contributed by atoms with Crippen LogP contribution in [0.4, 0.5) is 13.2 Å². The normalized spacial score (nSPS) is 30.4. The Morgan fingerprint density at radius 3 is 1.96 bits per heavy atom. The predicted molar refractivity (Wildman–Crippen MR) is 104 cm³/mol. The highest BCUT2D eigenvalue weighted by Crippen LogP contribution is 2.45. The third-order valence-corrected chi connectivity index (χ3v) is 7.38. The van der Waals surface area contributed by atoms with E-state index in [1.54, 1.807) is 22.6 Å². The van der Waals surface area contributed by atoms with Crippen LogP contribution in [-0.2, 0) is 0 Å². The molecule has 0 amide bonds. The molecule has 1 aromatic rings. The second-order valence-electron chi connectivity index (χ2n) is 8.07. The van der Waals surface area contributed by atoms with Crippen LogP contribution in [0.2, 0.25) is 0 Å². The summed E-state index contributed by atoms with van der Waals surface area (Å²) >= 11 is 1.75. The molecule has 0 nitrogen and oxygen atoms in total. The third kappa shape index (κ3) is 4.36. The summed E-state index contributed by atoms with van der Waals surface area (Å²) in [7, 11) is 0. The van der Waals surface area contributed by atoms with Crippen molar-refractivity contribution in [1.29, 1.82) is 0 Å². The number of halogens is 4. The molecular weight excluding hydrogens is 436 g/mol. The standard InChI is InChI=1S/C21H28F3I/c1-2-3-13-4-6-14(7-5-13)15-8-10-16(11-9-15)17-12-18(25)20(23)21(24)19(17)22/h12-16H,2-11H2,1H3. The fourth-order valence-electron chi connectivity index (χ4n) is 5.15. The van der Waals surface area contributed by atoms with Crippen molar-refractivity contribution in [2.24, 2.45) is 17.8 Å². The van der Waals surface area contributed by atoms with Crippen LogP contribution in [0.3, 0.4) is 0 Å². The third-order valence-electron chi connectivity index (χ3n) is 6.60. The molecule has 0 bridgehead atoms. The summed E-state index contributed by atoms with van der Waals surface area (Å²) in [5.41, 5.74) is 0.383. The van der Waals surface area contributed by atoms with Crippen molar-refractivity contribution < 1.29 is 13.2 Å². The number of rotatable bonds is 4. The molecule has 0 unspecified atom stereocenters. The van der Waals surface area contributed by atoms with Gasteiger partial charge in [-0.2, -0.15) is 0 Å². The van der Waals surface area contributed by atoms with Crippen LogP contribution in [0.25, 0.3) is 0 Å². The Bertz CT molecular complexity index is 585. The Balaban J connectivity index is 1.58. The molecule has 0 radical (unpaired) electrons. The van der Waals surface area contributed by atoms with Gasteiger partial charge in [-0.25, -0.2) is 13.2 Å². The first kappa shape index (κ1) is 19.5. The zero-order chi connectivity index (χ0) is 18.0. The highest BCUT2D eigenvalue weighted by molar-refractivity contribution is 14.1. The van der Waals surface area contributed by atoms with Gasteiger partial charge in [0.25, 0.3) is 0 Å². The van der Waals surface area contributed by atoms with E-state index < -0.39 is 17.5 Å². The van der Waals surface area contributed by atoms with Crippen molar-refractivity contribution in [1.82, 2.24) is 0 Å². The van der Waals surface area contributed by atoms with E-state index in [0.717, 1.165) is 43.4 Å². The summed E-state index contributed by atoms with van der Waals surface area (Å²) in [6.07, 6.45) is 12.1. The zero-order valence-corrected chi connectivity index (χ0v) is 17.1. The van der Waals surface area contributed by atoms with E-state index in [-0.39, 0.29) is 9.49 Å². The second kappa shape index (κ2) is 8.62. The van der Waals surface area contributed by atoms with E-state index in [2.05, 4.69) is 6.92 Å². The Kier molecular flexibility index (Phi) is 6.72. The van der Waals surface area contributed by atoms with Crippen LogP contribution in [0.5, 0.6) is 0 Å². The smallest absolute Gasteiger partial charge is 0.195 e. The fraction of sp³-hybridized carbons (Fsp3) is 0.714. The van der Waals surface area contributed by atoms with Gasteiger partial charge in [-0.05, 0) is 96.4 Å². The quantitative estimate of drug-likeness (QED) is 0.245. The molecule has 25 heavy (non-hydrogen) atoms. The minimum atomic E-state index is -1.31. The van der Waals surface area contributed by atoms with Crippen LogP contribution in [0, 0.1) is 38.8 Å².